The van der Waals surface area contributed by atoms with Crippen LogP contribution in [0.4, 0.5) is 0 Å². The fourth-order valence-corrected chi connectivity index (χ4v) is 1.33. The number of benzene rings is 1. The highest BCUT2D eigenvalue weighted by Crippen LogP contribution is 2.33. The second kappa shape index (κ2) is 2.25. The fraction of sp³-hybridized carbons (Fsp3) is 0.100. The average Bonchev–Trinajstić information content (AvgIpc) is 2.01. The topological polar surface area (TPSA) is 23.8 Å². The summed E-state index contributed by atoms with van der Waals surface area (Å²) in [5.74, 6) is 0. The lowest BCUT2D eigenvalue weighted by molar-refractivity contribution is 1.33. The number of nitrogens with zero attached hydrogens (tertiary/aromatic N) is 1. The molecule has 0 spiro atoms. The Balaban J connectivity index is 2.33. The van der Waals surface area contributed by atoms with Crippen LogP contribution in [0.3, 0.4) is 0 Å². The maximum absolute atomic E-state index is 8.44. The Morgan fingerprint density at radius 2 is 2.09 bits per heavy atom. The first kappa shape index (κ1) is 6.18. The summed E-state index contributed by atoms with van der Waals surface area (Å²) in [6.45, 7) is 0. The zero-order chi connectivity index (χ0) is 7.68. The van der Waals surface area contributed by atoms with Gasteiger partial charge in [-0.05, 0) is 22.8 Å². The third-order valence-corrected chi connectivity index (χ3v) is 1.91. The minimum absolute atomic E-state index is 0.539. The van der Waals surface area contributed by atoms with Gasteiger partial charge in [0.05, 0.1) is 12.5 Å². The van der Waals surface area contributed by atoms with Gasteiger partial charge in [-0.2, -0.15) is 5.26 Å². The van der Waals surface area contributed by atoms with Gasteiger partial charge in [0.2, 0.25) is 0 Å². The molecule has 0 saturated carbocycles. The first-order valence-corrected chi connectivity index (χ1v) is 3.59. The van der Waals surface area contributed by atoms with Crippen molar-refractivity contribution in [3.8, 4) is 6.07 Å². The molecule has 0 radical (unpaired) electrons. The highest BCUT2D eigenvalue weighted by Gasteiger charge is 2.13. The summed E-state index contributed by atoms with van der Waals surface area (Å²) < 4.78 is 0. The zero-order valence-corrected chi connectivity index (χ0v) is 6.04. The third kappa shape index (κ3) is 0.841. The minimum atomic E-state index is 0.539. The van der Waals surface area contributed by atoms with E-state index in [4.69, 9.17) is 5.26 Å². The van der Waals surface area contributed by atoms with Crippen LogP contribution in [-0.2, 0) is 0 Å². The number of rotatable bonds is 1. The predicted octanol–water partition coefficient (Wildman–Crippen LogP) is 2.45. The van der Waals surface area contributed by atoms with Gasteiger partial charge in [0.25, 0.3) is 0 Å². The molecule has 0 atom stereocenters. The van der Waals surface area contributed by atoms with E-state index in [9.17, 15) is 0 Å². The predicted molar refractivity (Wildman–Crippen MR) is 44.5 cm³/mol. The SMILES string of the molecule is N#CCC1=Cc2ccccc21. The Kier molecular flexibility index (Phi) is 1.26. The van der Waals surface area contributed by atoms with E-state index in [-0.39, 0.29) is 0 Å². The number of allylic oxidation sites excluding steroid dienone is 1. The van der Waals surface area contributed by atoms with Crippen molar-refractivity contribution in [1.29, 1.82) is 5.26 Å². The number of hydrogen-bond donors (Lipinski definition) is 0. The average molecular weight is 141 g/mol. The molecule has 0 N–H and O–H groups in total. The molecule has 1 aromatic carbocycles. The Bertz CT molecular complexity index is 355. The minimum Gasteiger partial charge on any atom is -0.198 e. The summed E-state index contributed by atoms with van der Waals surface area (Å²) in [6, 6.07) is 10.3. The van der Waals surface area contributed by atoms with Crippen LogP contribution < -0.4 is 0 Å². The van der Waals surface area contributed by atoms with Crippen molar-refractivity contribution in [3.63, 3.8) is 0 Å². The van der Waals surface area contributed by atoms with Gasteiger partial charge >= 0.3 is 0 Å². The lowest BCUT2D eigenvalue weighted by Gasteiger charge is -2.16. The molecule has 0 fully saturated rings. The van der Waals surface area contributed by atoms with E-state index < -0.39 is 0 Å². The van der Waals surface area contributed by atoms with Crippen molar-refractivity contribution in [2.75, 3.05) is 0 Å². The molecule has 1 aromatic rings. The molecule has 1 heteroatoms. The summed E-state index contributed by atoms with van der Waals surface area (Å²) in [4.78, 5) is 0. The van der Waals surface area contributed by atoms with E-state index in [1.54, 1.807) is 0 Å². The van der Waals surface area contributed by atoms with Crippen LogP contribution in [0, 0.1) is 11.3 Å². The van der Waals surface area contributed by atoms with Crippen LogP contribution in [0.2, 0.25) is 0 Å². The maximum Gasteiger partial charge on any atom is 0.0669 e. The lowest BCUT2D eigenvalue weighted by atomic mass is 9.87. The van der Waals surface area contributed by atoms with Gasteiger partial charge in [0, 0.05) is 0 Å². The number of hydrogen-bond acceptors (Lipinski definition) is 1. The quantitative estimate of drug-likeness (QED) is 0.589. The van der Waals surface area contributed by atoms with Gasteiger partial charge in [0.1, 0.15) is 0 Å². The van der Waals surface area contributed by atoms with Crippen LogP contribution >= 0.6 is 0 Å². The van der Waals surface area contributed by atoms with E-state index in [2.05, 4.69) is 24.3 Å². The molecular formula is C10H7N. The molecule has 2 rings (SSSR count). The van der Waals surface area contributed by atoms with Crippen molar-refractivity contribution in [2.24, 2.45) is 0 Å². The van der Waals surface area contributed by atoms with Crippen molar-refractivity contribution < 1.29 is 0 Å². The second-order valence-electron chi connectivity index (χ2n) is 2.59. The van der Waals surface area contributed by atoms with Crippen molar-refractivity contribution in [3.05, 3.63) is 35.4 Å². The Hall–Kier alpha value is -1.55. The largest absolute Gasteiger partial charge is 0.198 e. The van der Waals surface area contributed by atoms with Gasteiger partial charge in [0.15, 0.2) is 0 Å². The summed E-state index contributed by atoms with van der Waals surface area (Å²) in [5.41, 5.74) is 3.68. The van der Waals surface area contributed by atoms with Gasteiger partial charge in [-0.25, -0.2) is 0 Å². The van der Waals surface area contributed by atoms with Crippen LogP contribution in [0.25, 0.3) is 11.6 Å². The highest BCUT2D eigenvalue weighted by molar-refractivity contribution is 5.95. The van der Waals surface area contributed by atoms with Crippen LogP contribution in [-0.4, -0.2) is 0 Å². The van der Waals surface area contributed by atoms with E-state index >= 15 is 0 Å². The zero-order valence-electron chi connectivity index (χ0n) is 6.04. The molecule has 1 aliphatic rings. The molecule has 0 bridgehead atoms. The first-order valence-electron chi connectivity index (χ1n) is 3.59. The van der Waals surface area contributed by atoms with Gasteiger partial charge in [-0.1, -0.05) is 24.3 Å². The fourth-order valence-electron chi connectivity index (χ4n) is 1.33. The molecule has 52 valence electrons. The molecule has 0 unspecified atom stereocenters. The van der Waals surface area contributed by atoms with Gasteiger partial charge in [-0.3, -0.25) is 0 Å². The lowest BCUT2D eigenvalue weighted by Crippen LogP contribution is -1.96. The van der Waals surface area contributed by atoms with Crippen LogP contribution in [0.1, 0.15) is 17.5 Å². The van der Waals surface area contributed by atoms with E-state index in [0.29, 0.717) is 6.42 Å². The van der Waals surface area contributed by atoms with E-state index in [1.807, 2.05) is 12.1 Å². The Morgan fingerprint density at radius 3 is 2.82 bits per heavy atom. The Morgan fingerprint density at radius 1 is 1.27 bits per heavy atom. The monoisotopic (exact) mass is 141 g/mol. The molecule has 1 nitrogen and oxygen atoms in total. The van der Waals surface area contributed by atoms with Crippen molar-refractivity contribution in [1.82, 2.24) is 0 Å². The van der Waals surface area contributed by atoms with Gasteiger partial charge in [-0.15, -0.1) is 0 Å². The molecule has 0 amide bonds. The normalized spacial score (nSPS) is 12.5. The first-order chi connectivity index (χ1) is 5.42. The summed E-state index contributed by atoms with van der Waals surface area (Å²) >= 11 is 0. The summed E-state index contributed by atoms with van der Waals surface area (Å²) in [7, 11) is 0. The molecule has 0 aromatic heterocycles. The Labute approximate surface area is 65.6 Å². The highest BCUT2D eigenvalue weighted by atomic mass is 14.3. The number of fused-ring (bicyclic) bond motifs is 1. The maximum atomic E-state index is 8.44. The van der Waals surface area contributed by atoms with Crippen LogP contribution in [0.15, 0.2) is 24.3 Å². The number of nitriles is 1. The molecule has 11 heavy (non-hydrogen) atoms. The van der Waals surface area contributed by atoms with Gasteiger partial charge < -0.3 is 0 Å². The summed E-state index contributed by atoms with van der Waals surface area (Å²) in [5, 5.41) is 8.44. The molecule has 0 aliphatic heterocycles. The molecule has 1 aliphatic carbocycles. The van der Waals surface area contributed by atoms with Crippen molar-refractivity contribution >= 4 is 11.6 Å². The van der Waals surface area contributed by atoms with Crippen LogP contribution in [0.5, 0.6) is 0 Å². The summed E-state index contributed by atoms with van der Waals surface area (Å²) in [6.07, 6.45) is 2.61. The van der Waals surface area contributed by atoms with E-state index in [1.165, 1.54) is 16.7 Å². The molecule has 0 heterocycles. The molecular weight excluding hydrogens is 134 g/mol. The smallest absolute Gasteiger partial charge is 0.0669 e. The van der Waals surface area contributed by atoms with E-state index in [0.717, 1.165) is 0 Å². The van der Waals surface area contributed by atoms with Crippen molar-refractivity contribution in [2.45, 2.75) is 6.42 Å². The standard InChI is InChI=1S/C10H7N/c11-6-5-9-7-8-3-1-2-4-10(8)9/h1-4,7H,5H2. The third-order valence-electron chi connectivity index (χ3n) is 1.91. The molecule has 0 saturated heterocycles. The second-order valence-corrected chi connectivity index (χ2v) is 2.59.